The van der Waals surface area contributed by atoms with Crippen molar-refractivity contribution in [1.82, 2.24) is 15.1 Å². The minimum absolute atomic E-state index is 0.187. The molecule has 0 aliphatic heterocycles. The van der Waals surface area contributed by atoms with Gasteiger partial charge in [0.05, 0.1) is 16.7 Å². The van der Waals surface area contributed by atoms with E-state index in [0.29, 0.717) is 11.6 Å². The summed E-state index contributed by atoms with van der Waals surface area (Å²) < 4.78 is 2.70. The number of nitrogens with zero attached hydrogens (tertiary/aromatic N) is 2. The molecule has 0 saturated carbocycles. The average Bonchev–Trinajstić information content (AvgIpc) is 2.84. The van der Waals surface area contributed by atoms with Gasteiger partial charge in [0.25, 0.3) is 0 Å². The fourth-order valence-corrected chi connectivity index (χ4v) is 2.38. The van der Waals surface area contributed by atoms with Gasteiger partial charge in [-0.25, -0.2) is 0 Å². The lowest BCUT2D eigenvalue weighted by molar-refractivity contribution is -0.116. The van der Waals surface area contributed by atoms with Crippen LogP contribution < -0.4 is 5.32 Å². The Morgan fingerprint density at radius 1 is 1.48 bits per heavy atom. The zero-order chi connectivity index (χ0) is 15.2. The second kappa shape index (κ2) is 7.43. The van der Waals surface area contributed by atoms with Crippen molar-refractivity contribution in [2.45, 2.75) is 20.0 Å². The number of aryl methyl sites for hydroxylation is 1. The maximum atomic E-state index is 11.8. The minimum atomic E-state index is -0.187. The summed E-state index contributed by atoms with van der Waals surface area (Å²) in [7, 11) is 0. The second-order valence-corrected chi connectivity index (χ2v) is 5.61. The highest BCUT2D eigenvalue weighted by molar-refractivity contribution is 9.10. The standard InChI is InChI=1S/C15H15BrClN3O/c1-2-20-10-12(16)14(19-20)9-18-15(21)8-7-11-5-3-4-6-13(11)17/h3-8,10H,2,9H2,1H3,(H,18,21)/b8-7+. The zero-order valence-corrected chi connectivity index (χ0v) is 13.9. The number of hydrogen-bond acceptors (Lipinski definition) is 2. The third-order valence-corrected chi connectivity index (χ3v) is 3.87. The number of rotatable bonds is 5. The van der Waals surface area contributed by atoms with Gasteiger partial charge in [-0.1, -0.05) is 29.8 Å². The molecule has 21 heavy (non-hydrogen) atoms. The molecule has 1 heterocycles. The molecule has 2 aromatic rings. The van der Waals surface area contributed by atoms with Crippen LogP contribution in [0.25, 0.3) is 6.08 Å². The number of halogens is 2. The highest BCUT2D eigenvalue weighted by Gasteiger charge is 2.06. The molecule has 0 aliphatic rings. The fraction of sp³-hybridized carbons (Fsp3) is 0.200. The lowest BCUT2D eigenvalue weighted by atomic mass is 10.2. The third kappa shape index (κ3) is 4.44. The molecular formula is C15H15BrClN3O. The molecule has 0 atom stereocenters. The van der Waals surface area contributed by atoms with Crippen molar-refractivity contribution in [3.8, 4) is 0 Å². The first-order chi connectivity index (χ1) is 10.1. The Balaban J connectivity index is 1.93. The van der Waals surface area contributed by atoms with E-state index in [1.807, 2.05) is 36.0 Å². The Kier molecular flexibility index (Phi) is 5.59. The Bertz CT molecular complexity index is 667. The lowest BCUT2D eigenvalue weighted by Gasteiger charge is -2.00. The number of aromatic nitrogens is 2. The maximum Gasteiger partial charge on any atom is 0.244 e. The Labute approximate surface area is 136 Å². The fourth-order valence-electron chi connectivity index (χ4n) is 1.72. The molecule has 1 N–H and O–H groups in total. The summed E-state index contributed by atoms with van der Waals surface area (Å²) in [5.41, 5.74) is 1.61. The van der Waals surface area contributed by atoms with E-state index in [9.17, 15) is 4.79 Å². The minimum Gasteiger partial charge on any atom is -0.347 e. The zero-order valence-electron chi connectivity index (χ0n) is 11.5. The molecule has 0 unspecified atom stereocenters. The van der Waals surface area contributed by atoms with Gasteiger partial charge in [0.15, 0.2) is 0 Å². The number of carbonyl (C=O) groups excluding carboxylic acids is 1. The Morgan fingerprint density at radius 3 is 2.90 bits per heavy atom. The summed E-state index contributed by atoms with van der Waals surface area (Å²) in [6.45, 7) is 3.17. The molecule has 6 heteroatoms. The summed E-state index contributed by atoms with van der Waals surface area (Å²) in [6.07, 6.45) is 5.05. The van der Waals surface area contributed by atoms with E-state index in [0.717, 1.165) is 22.3 Å². The summed E-state index contributed by atoms with van der Waals surface area (Å²) >= 11 is 9.44. The summed E-state index contributed by atoms with van der Waals surface area (Å²) in [5, 5.41) is 7.75. The Morgan fingerprint density at radius 2 is 2.24 bits per heavy atom. The molecule has 0 radical (unpaired) electrons. The van der Waals surface area contributed by atoms with E-state index in [-0.39, 0.29) is 5.91 Å². The largest absolute Gasteiger partial charge is 0.347 e. The van der Waals surface area contributed by atoms with Gasteiger partial charge >= 0.3 is 0 Å². The average molecular weight is 369 g/mol. The Hall–Kier alpha value is -1.59. The first-order valence-corrected chi connectivity index (χ1v) is 7.69. The highest BCUT2D eigenvalue weighted by atomic mass is 79.9. The molecule has 110 valence electrons. The number of amides is 1. The van der Waals surface area contributed by atoms with Gasteiger partial charge in [-0.2, -0.15) is 5.10 Å². The topological polar surface area (TPSA) is 46.9 Å². The summed E-state index contributed by atoms with van der Waals surface area (Å²) in [5.74, 6) is -0.187. The molecule has 1 aromatic carbocycles. The normalized spacial score (nSPS) is 11.0. The van der Waals surface area contributed by atoms with E-state index < -0.39 is 0 Å². The molecule has 0 spiro atoms. The van der Waals surface area contributed by atoms with Crippen LogP contribution in [0.1, 0.15) is 18.2 Å². The van der Waals surface area contributed by atoms with E-state index >= 15 is 0 Å². The molecule has 1 aromatic heterocycles. The van der Waals surface area contributed by atoms with Crippen LogP contribution in [0.2, 0.25) is 5.02 Å². The summed E-state index contributed by atoms with van der Waals surface area (Å²) in [6, 6.07) is 7.36. The van der Waals surface area contributed by atoms with Crippen molar-refractivity contribution in [2.75, 3.05) is 0 Å². The molecule has 2 rings (SSSR count). The van der Waals surface area contributed by atoms with Crippen molar-refractivity contribution in [2.24, 2.45) is 0 Å². The van der Waals surface area contributed by atoms with Gasteiger partial charge in [0, 0.05) is 23.8 Å². The van der Waals surface area contributed by atoms with Crippen LogP contribution in [-0.2, 0) is 17.9 Å². The smallest absolute Gasteiger partial charge is 0.244 e. The highest BCUT2D eigenvalue weighted by Crippen LogP contribution is 2.16. The van der Waals surface area contributed by atoms with Crippen molar-refractivity contribution in [1.29, 1.82) is 0 Å². The molecule has 4 nitrogen and oxygen atoms in total. The molecule has 0 saturated heterocycles. The van der Waals surface area contributed by atoms with Gasteiger partial charge in [-0.15, -0.1) is 0 Å². The van der Waals surface area contributed by atoms with E-state index in [1.165, 1.54) is 6.08 Å². The number of carbonyl (C=O) groups is 1. The van der Waals surface area contributed by atoms with Crippen LogP contribution >= 0.6 is 27.5 Å². The quantitative estimate of drug-likeness (QED) is 0.819. The van der Waals surface area contributed by atoms with Gasteiger partial charge in [0.2, 0.25) is 5.91 Å². The van der Waals surface area contributed by atoms with Gasteiger partial charge in [-0.3, -0.25) is 9.48 Å². The number of benzene rings is 1. The SMILES string of the molecule is CCn1cc(Br)c(CNC(=O)/C=C/c2ccccc2Cl)n1. The molecule has 0 bridgehead atoms. The summed E-state index contributed by atoms with van der Waals surface area (Å²) in [4.78, 5) is 11.8. The van der Waals surface area contributed by atoms with Crippen LogP contribution in [0.5, 0.6) is 0 Å². The molecule has 0 aliphatic carbocycles. The molecule has 0 fully saturated rings. The predicted molar refractivity (Wildman–Crippen MR) is 87.9 cm³/mol. The maximum absolute atomic E-state index is 11.8. The number of nitrogens with one attached hydrogen (secondary N) is 1. The van der Waals surface area contributed by atoms with Crippen LogP contribution in [-0.4, -0.2) is 15.7 Å². The monoisotopic (exact) mass is 367 g/mol. The first kappa shape index (κ1) is 15.8. The first-order valence-electron chi connectivity index (χ1n) is 6.52. The lowest BCUT2D eigenvalue weighted by Crippen LogP contribution is -2.20. The van der Waals surface area contributed by atoms with Crippen molar-refractivity contribution in [3.05, 3.63) is 57.3 Å². The van der Waals surface area contributed by atoms with Crippen LogP contribution in [0, 0.1) is 0 Å². The molecular weight excluding hydrogens is 354 g/mol. The molecule has 1 amide bonds. The van der Waals surface area contributed by atoms with Gasteiger partial charge < -0.3 is 5.32 Å². The predicted octanol–water partition coefficient (Wildman–Crippen LogP) is 3.65. The van der Waals surface area contributed by atoms with Crippen LogP contribution in [0.15, 0.2) is 41.0 Å². The van der Waals surface area contributed by atoms with E-state index in [4.69, 9.17) is 11.6 Å². The second-order valence-electron chi connectivity index (χ2n) is 4.35. The van der Waals surface area contributed by atoms with Crippen molar-refractivity contribution < 1.29 is 4.79 Å². The third-order valence-electron chi connectivity index (χ3n) is 2.86. The number of hydrogen-bond donors (Lipinski definition) is 1. The van der Waals surface area contributed by atoms with Gasteiger partial charge in [0.1, 0.15) is 0 Å². The van der Waals surface area contributed by atoms with E-state index in [1.54, 1.807) is 12.1 Å². The van der Waals surface area contributed by atoms with E-state index in [2.05, 4.69) is 26.3 Å². The van der Waals surface area contributed by atoms with Gasteiger partial charge in [-0.05, 0) is 40.6 Å². The van der Waals surface area contributed by atoms with Crippen molar-refractivity contribution in [3.63, 3.8) is 0 Å². The van der Waals surface area contributed by atoms with Crippen LogP contribution in [0.3, 0.4) is 0 Å². The van der Waals surface area contributed by atoms with Crippen molar-refractivity contribution >= 4 is 39.5 Å². The van der Waals surface area contributed by atoms with Crippen LogP contribution in [0.4, 0.5) is 0 Å².